The first kappa shape index (κ1) is 11.7. The van der Waals surface area contributed by atoms with Gasteiger partial charge in [-0.1, -0.05) is 28.1 Å². The van der Waals surface area contributed by atoms with Crippen molar-refractivity contribution in [1.29, 1.82) is 0 Å². The molecule has 1 amide bonds. The molecule has 1 aromatic heterocycles. The van der Waals surface area contributed by atoms with Crippen LogP contribution >= 0.6 is 15.9 Å². The SMILES string of the molecule is Cc1c(Br)cccc1-c1nccc(C(N)=O)n1. The van der Waals surface area contributed by atoms with Crippen molar-refractivity contribution in [3.63, 3.8) is 0 Å². The molecular weight excluding hydrogens is 282 g/mol. The van der Waals surface area contributed by atoms with E-state index in [0.717, 1.165) is 15.6 Å². The highest BCUT2D eigenvalue weighted by atomic mass is 79.9. The largest absolute Gasteiger partial charge is 0.364 e. The monoisotopic (exact) mass is 291 g/mol. The van der Waals surface area contributed by atoms with Gasteiger partial charge in [0.15, 0.2) is 5.82 Å². The minimum Gasteiger partial charge on any atom is -0.364 e. The second-order valence-corrected chi connectivity index (χ2v) is 4.40. The van der Waals surface area contributed by atoms with Crippen molar-refractivity contribution in [2.75, 3.05) is 0 Å². The molecule has 0 unspecified atom stereocenters. The van der Waals surface area contributed by atoms with Crippen LogP contribution in [-0.2, 0) is 0 Å². The van der Waals surface area contributed by atoms with E-state index >= 15 is 0 Å². The Kier molecular flexibility index (Phi) is 3.19. The number of aromatic nitrogens is 2. The van der Waals surface area contributed by atoms with E-state index in [9.17, 15) is 4.79 Å². The van der Waals surface area contributed by atoms with Crippen molar-refractivity contribution in [1.82, 2.24) is 9.97 Å². The Morgan fingerprint density at radius 3 is 2.82 bits per heavy atom. The van der Waals surface area contributed by atoms with E-state index in [0.29, 0.717) is 5.82 Å². The molecule has 2 aromatic rings. The van der Waals surface area contributed by atoms with Gasteiger partial charge < -0.3 is 5.73 Å². The second-order valence-electron chi connectivity index (χ2n) is 3.54. The highest BCUT2D eigenvalue weighted by Crippen LogP contribution is 2.25. The molecule has 2 rings (SSSR count). The van der Waals surface area contributed by atoms with E-state index in [1.54, 1.807) is 0 Å². The number of hydrogen-bond acceptors (Lipinski definition) is 3. The molecule has 1 heterocycles. The van der Waals surface area contributed by atoms with Crippen molar-refractivity contribution < 1.29 is 4.79 Å². The van der Waals surface area contributed by atoms with Crippen LogP contribution in [0.4, 0.5) is 0 Å². The average molecular weight is 292 g/mol. The van der Waals surface area contributed by atoms with E-state index in [-0.39, 0.29) is 5.69 Å². The normalized spacial score (nSPS) is 10.2. The molecule has 0 saturated carbocycles. The van der Waals surface area contributed by atoms with Crippen LogP contribution in [0.15, 0.2) is 34.9 Å². The Bertz CT molecular complexity index is 584. The van der Waals surface area contributed by atoms with E-state index in [2.05, 4.69) is 25.9 Å². The smallest absolute Gasteiger partial charge is 0.267 e. The average Bonchev–Trinajstić information content (AvgIpc) is 2.33. The molecule has 2 N–H and O–H groups in total. The fourth-order valence-electron chi connectivity index (χ4n) is 1.48. The molecule has 0 aliphatic heterocycles. The third kappa shape index (κ3) is 2.34. The van der Waals surface area contributed by atoms with E-state index in [4.69, 9.17) is 5.73 Å². The Morgan fingerprint density at radius 1 is 1.35 bits per heavy atom. The number of nitrogens with two attached hydrogens (primary N) is 1. The van der Waals surface area contributed by atoms with Gasteiger partial charge in [0.25, 0.3) is 5.91 Å². The molecule has 5 heteroatoms. The zero-order chi connectivity index (χ0) is 12.4. The van der Waals surface area contributed by atoms with Gasteiger partial charge >= 0.3 is 0 Å². The number of rotatable bonds is 2. The van der Waals surface area contributed by atoms with Crippen LogP contribution in [0.1, 0.15) is 16.1 Å². The summed E-state index contributed by atoms with van der Waals surface area (Å²) in [6, 6.07) is 7.24. The molecule has 4 nitrogen and oxygen atoms in total. The van der Waals surface area contributed by atoms with Crippen molar-refractivity contribution in [3.05, 3.63) is 46.2 Å². The molecule has 0 fully saturated rings. The second kappa shape index (κ2) is 4.63. The summed E-state index contributed by atoms with van der Waals surface area (Å²) in [5.41, 5.74) is 7.31. The van der Waals surface area contributed by atoms with E-state index < -0.39 is 5.91 Å². The molecule has 0 atom stereocenters. The van der Waals surface area contributed by atoms with Crippen LogP contribution < -0.4 is 5.73 Å². The lowest BCUT2D eigenvalue weighted by Crippen LogP contribution is -2.13. The summed E-state index contributed by atoms with van der Waals surface area (Å²) in [6.45, 7) is 1.96. The molecule has 0 bridgehead atoms. The molecular formula is C12H10BrN3O. The van der Waals surface area contributed by atoms with Crippen LogP contribution in [0.25, 0.3) is 11.4 Å². The zero-order valence-electron chi connectivity index (χ0n) is 9.14. The predicted molar refractivity (Wildman–Crippen MR) is 68.4 cm³/mol. The van der Waals surface area contributed by atoms with Gasteiger partial charge in [-0.05, 0) is 24.6 Å². The summed E-state index contributed by atoms with van der Waals surface area (Å²) in [5, 5.41) is 0. The molecule has 86 valence electrons. The first-order chi connectivity index (χ1) is 8.09. The maximum Gasteiger partial charge on any atom is 0.267 e. The first-order valence-electron chi connectivity index (χ1n) is 4.98. The summed E-state index contributed by atoms with van der Waals surface area (Å²) in [7, 11) is 0. The van der Waals surface area contributed by atoms with Gasteiger partial charge in [-0.3, -0.25) is 4.79 Å². The summed E-state index contributed by atoms with van der Waals surface area (Å²) < 4.78 is 0.975. The highest BCUT2D eigenvalue weighted by molar-refractivity contribution is 9.10. The Hall–Kier alpha value is -1.75. The van der Waals surface area contributed by atoms with E-state index in [1.807, 2.05) is 25.1 Å². The van der Waals surface area contributed by atoms with Crippen molar-refractivity contribution in [3.8, 4) is 11.4 Å². The Balaban J connectivity index is 2.57. The van der Waals surface area contributed by atoms with Crippen LogP contribution in [0.2, 0.25) is 0 Å². The summed E-state index contributed by atoms with van der Waals surface area (Å²) in [6.07, 6.45) is 1.53. The summed E-state index contributed by atoms with van der Waals surface area (Å²) in [4.78, 5) is 19.4. The number of benzene rings is 1. The van der Waals surface area contributed by atoms with Crippen molar-refractivity contribution >= 4 is 21.8 Å². The van der Waals surface area contributed by atoms with Crippen LogP contribution in [0.3, 0.4) is 0 Å². The maximum absolute atomic E-state index is 11.1. The van der Waals surface area contributed by atoms with Crippen LogP contribution in [0.5, 0.6) is 0 Å². The highest BCUT2D eigenvalue weighted by Gasteiger charge is 2.09. The first-order valence-corrected chi connectivity index (χ1v) is 5.77. The minimum atomic E-state index is -0.554. The van der Waals surface area contributed by atoms with Gasteiger partial charge in [0.2, 0.25) is 0 Å². The van der Waals surface area contributed by atoms with Gasteiger partial charge in [-0.15, -0.1) is 0 Å². The lowest BCUT2D eigenvalue weighted by atomic mass is 10.1. The number of hydrogen-bond donors (Lipinski definition) is 1. The lowest BCUT2D eigenvalue weighted by molar-refractivity contribution is 0.0995. The molecule has 17 heavy (non-hydrogen) atoms. The molecule has 0 radical (unpaired) electrons. The number of primary amides is 1. The fourth-order valence-corrected chi connectivity index (χ4v) is 1.84. The molecule has 0 spiro atoms. The number of carbonyl (C=O) groups is 1. The van der Waals surface area contributed by atoms with Gasteiger partial charge in [-0.2, -0.15) is 0 Å². The summed E-state index contributed by atoms with van der Waals surface area (Å²) in [5.74, 6) is -0.0543. The van der Waals surface area contributed by atoms with E-state index in [1.165, 1.54) is 12.3 Å². The molecule has 0 aliphatic carbocycles. The van der Waals surface area contributed by atoms with Crippen LogP contribution in [-0.4, -0.2) is 15.9 Å². The van der Waals surface area contributed by atoms with Crippen molar-refractivity contribution in [2.24, 2.45) is 5.73 Å². The fraction of sp³-hybridized carbons (Fsp3) is 0.0833. The van der Waals surface area contributed by atoms with Crippen LogP contribution in [0, 0.1) is 6.92 Å². The number of amides is 1. The van der Waals surface area contributed by atoms with Gasteiger partial charge in [0.1, 0.15) is 5.69 Å². The summed E-state index contributed by atoms with van der Waals surface area (Å²) >= 11 is 3.44. The zero-order valence-corrected chi connectivity index (χ0v) is 10.7. The predicted octanol–water partition coefficient (Wildman–Crippen LogP) is 2.31. The third-order valence-corrected chi connectivity index (χ3v) is 3.28. The third-order valence-electron chi connectivity index (χ3n) is 2.42. The standard InChI is InChI=1S/C12H10BrN3O/c1-7-8(3-2-4-9(7)13)12-15-6-5-10(16-12)11(14)17/h2-6H,1H3,(H2,14,17). The quantitative estimate of drug-likeness (QED) is 0.923. The molecule has 0 saturated heterocycles. The number of nitrogens with zero attached hydrogens (tertiary/aromatic N) is 2. The molecule has 0 aliphatic rings. The minimum absolute atomic E-state index is 0.217. The van der Waals surface area contributed by atoms with Crippen molar-refractivity contribution in [2.45, 2.75) is 6.92 Å². The maximum atomic E-state index is 11.1. The van der Waals surface area contributed by atoms with Gasteiger partial charge in [-0.25, -0.2) is 9.97 Å². The molecule has 1 aromatic carbocycles. The Morgan fingerprint density at radius 2 is 2.12 bits per heavy atom. The lowest BCUT2D eigenvalue weighted by Gasteiger charge is -2.06. The number of halogens is 1. The topological polar surface area (TPSA) is 68.9 Å². The van der Waals surface area contributed by atoms with Gasteiger partial charge in [0, 0.05) is 16.2 Å². The van der Waals surface area contributed by atoms with Gasteiger partial charge in [0.05, 0.1) is 0 Å². The Labute approximate surface area is 107 Å². The number of carbonyl (C=O) groups excluding carboxylic acids is 1.